The summed E-state index contributed by atoms with van der Waals surface area (Å²) in [6, 6.07) is 20.9. The fourth-order valence-electron chi connectivity index (χ4n) is 3.79. The quantitative estimate of drug-likeness (QED) is 0.395. The van der Waals surface area contributed by atoms with Gasteiger partial charge in [-0.15, -0.1) is 0 Å². The number of benzene rings is 3. The second kappa shape index (κ2) is 9.23. The van der Waals surface area contributed by atoms with Crippen molar-refractivity contribution in [3.05, 3.63) is 102 Å². The van der Waals surface area contributed by atoms with Gasteiger partial charge in [0.2, 0.25) is 0 Å². The minimum atomic E-state index is -4.02. The number of fused-ring (bicyclic) bond motifs is 1. The van der Waals surface area contributed by atoms with E-state index in [1.807, 2.05) is 13.8 Å². The average molecular weight is 478 g/mol. The summed E-state index contributed by atoms with van der Waals surface area (Å²) in [7, 11) is -4.02. The molecule has 0 aliphatic rings. The number of hydrogen-bond acceptors (Lipinski definition) is 4. The highest BCUT2D eigenvalue weighted by atomic mass is 32.2. The predicted octanol–water partition coefficient (Wildman–Crippen LogP) is 4.93. The molecule has 0 atom stereocenters. The van der Waals surface area contributed by atoms with E-state index in [4.69, 9.17) is 0 Å². The van der Waals surface area contributed by atoms with E-state index in [0.717, 1.165) is 5.56 Å². The highest BCUT2D eigenvalue weighted by molar-refractivity contribution is 7.93. The first kappa shape index (κ1) is 23.4. The molecule has 0 aliphatic carbocycles. The highest BCUT2D eigenvalue weighted by Gasteiger charge is 2.25. The molecule has 0 radical (unpaired) electrons. The Morgan fingerprint density at radius 3 is 2.41 bits per heavy atom. The molecule has 8 heteroatoms. The summed E-state index contributed by atoms with van der Waals surface area (Å²) in [6.45, 7) is 3.70. The van der Waals surface area contributed by atoms with E-state index in [1.165, 1.54) is 30.5 Å². The first-order chi connectivity index (χ1) is 16.1. The van der Waals surface area contributed by atoms with Gasteiger partial charge in [0.15, 0.2) is 0 Å². The molecule has 4 aromatic rings. The zero-order valence-electron chi connectivity index (χ0n) is 18.7. The maximum atomic E-state index is 13.2. The van der Waals surface area contributed by atoms with Gasteiger partial charge in [0.25, 0.3) is 15.9 Å². The summed E-state index contributed by atoms with van der Waals surface area (Å²) >= 11 is 0. The number of carbonyl (C=O) groups excluding carboxylic acids is 1. The maximum absolute atomic E-state index is 13.2. The van der Waals surface area contributed by atoms with Gasteiger partial charge >= 0.3 is 0 Å². The SMILES string of the molecule is CC(C)(Cc1ccc(F)cc1)NC(=O)c1ccccc1NS(=O)(=O)c1cccc2cccnc12. The van der Waals surface area contributed by atoms with Gasteiger partial charge in [-0.1, -0.05) is 42.5 Å². The summed E-state index contributed by atoms with van der Waals surface area (Å²) < 4.78 is 42.2. The lowest BCUT2D eigenvalue weighted by atomic mass is 9.94. The third kappa shape index (κ3) is 5.23. The van der Waals surface area contributed by atoms with Crippen LogP contribution in [0.25, 0.3) is 10.9 Å². The lowest BCUT2D eigenvalue weighted by molar-refractivity contribution is 0.0914. The molecule has 34 heavy (non-hydrogen) atoms. The third-order valence-electron chi connectivity index (χ3n) is 5.31. The molecular formula is C26H24FN3O3S. The van der Waals surface area contributed by atoms with Crippen molar-refractivity contribution in [1.29, 1.82) is 0 Å². The summed E-state index contributed by atoms with van der Waals surface area (Å²) in [5.74, 6) is -0.755. The number of amides is 1. The molecule has 6 nitrogen and oxygen atoms in total. The van der Waals surface area contributed by atoms with Gasteiger partial charge < -0.3 is 5.32 Å². The van der Waals surface area contributed by atoms with Gasteiger partial charge in [-0.05, 0) is 62.2 Å². The van der Waals surface area contributed by atoms with Crippen LogP contribution in [0.5, 0.6) is 0 Å². The van der Waals surface area contributed by atoms with Gasteiger partial charge in [0.05, 0.1) is 16.8 Å². The molecule has 174 valence electrons. The van der Waals surface area contributed by atoms with Crippen LogP contribution in [0.1, 0.15) is 29.8 Å². The van der Waals surface area contributed by atoms with Crippen LogP contribution >= 0.6 is 0 Å². The Morgan fingerprint density at radius 1 is 0.941 bits per heavy atom. The van der Waals surface area contributed by atoms with Crippen molar-refractivity contribution in [1.82, 2.24) is 10.3 Å². The van der Waals surface area contributed by atoms with Crippen molar-refractivity contribution >= 4 is 32.5 Å². The molecule has 0 spiro atoms. The number of pyridine rings is 1. The van der Waals surface area contributed by atoms with Crippen molar-refractivity contribution in [2.45, 2.75) is 30.7 Å². The number of sulfonamides is 1. The van der Waals surface area contributed by atoms with E-state index in [-0.39, 0.29) is 22.0 Å². The zero-order chi connectivity index (χ0) is 24.3. The van der Waals surface area contributed by atoms with Crippen LogP contribution in [-0.4, -0.2) is 24.8 Å². The fraction of sp³-hybridized carbons (Fsp3) is 0.154. The molecular weight excluding hydrogens is 453 g/mol. The first-order valence-corrected chi connectivity index (χ1v) is 12.2. The Kier molecular flexibility index (Phi) is 6.34. The fourth-order valence-corrected chi connectivity index (χ4v) is 5.05. The Bertz CT molecular complexity index is 1450. The topological polar surface area (TPSA) is 88.2 Å². The summed E-state index contributed by atoms with van der Waals surface area (Å²) in [5.41, 5.74) is 0.890. The number of nitrogens with one attached hydrogen (secondary N) is 2. The molecule has 4 rings (SSSR count). The highest BCUT2D eigenvalue weighted by Crippen LogP contribution is 2.25. The number of para-hydroxylation sites is 2. The molecule has 0 unspecified atom stereocenters. The van der Waals surface area contributed by atoms with Gasteiger partial charge in [0.1, 0.15) is 10.7 Å². The molecule has 3 aromatic carbocycles. The molecule has 0 aliphatic heterocycles. The van der Waals surface area contributed by atoms with E-state index in [1.54, 1.807) is 54.6 Å². The lowest BCUT2D eigenvalue weighted by Crippen LogP contribution is -2.45. The molecule has 1 heterocycles. The first-order valence-electron chi connectivity index (χ1n) is 10.7. The molecule has 2 N–H and O–H groups in total. The normalized spacial score (nSPS) is 11.9. The predicted molar refractivity (Wildman–Crippen MR) is 131 cm³/mol. The van der Waals surface area contributed by atoms with Crippen molar-refractivity contribution in [3.8, 4) is 0 Å². The van der Waals surface area contributed by atoms with Crippen LogP contribution in [0.15, 0.2) is 90.0 Å². The van der Waals surface area contributed by atoms with Crippen LogP contribution in [0, 0.1) is 5.82 Å². The second-order valence-electron chi connectivity index (χ2n) is 8.62. The maximum Gasteiger partial charge on any atom is 0.264 e. The van der Waals surface area contributed by atoms with Crippen molar-refractivity contribution in [3.63, 3.8) is 0 Å². The molecule has 0 saturated heterocycles. The number of rotatable bonds is 7. The summed E-state index contributed by atoms with van der Waals surface area (Å²) in [4.78, 5) is 17.4. The molecule has 1 amide bonds. The third-order valence-corrected chi connectivity index (χ3v) is 6.71. The van der Waals surface area contributed by atoms with Crippen LogP contribution in [0.4, 0.5) is 10.1 Å². The van der Waals surface area contributed by atoms with Crippen molar-refractivity contribution in [2.75, 3.05) is 4.72 Å². The van der Waals surface area contributed by atoms with E-state index in [2.05, 4.69) is 15.0 Å². The summed E-state index contributed by atoms with van der Waals surface area (Å²) in [6.07, 6.45) is 2.00. The Labute approximate surface area is 197 Å². The van der Waals surface area contributed by atoms with Crippen LogP contribution in [0.2, 0.25) is 0 Å². The zero-order valence-corrected chi connectivity index (χ0v) is 19.6. The van der Waals surface area contributed by atoms with E-state index in [0.29, 0.717) is 17.3 Å². The lowest BCUT2D eigenvalue weighted by Gasteiger charge is -2.27. The minimum absolute atomic E-state index is 0.0254. The molecule has 0 fully saturated rings. The van der Waals surface area contributed by atoms with Crippen LogP contribution in [-0.2, 0) is 16.4 Å². The van der Waals surface area contributed by atoms with Crippen molar-refractivity contribution in [2.24, 2.45) is 0 Å². The molecule has 0 saturated carbocycles. The standard InChI is InChI=1S/C26H24FN3O3S/c1-26(2,17-18-12-14-20(27)15-13-18)29-25(31)21-9-3-4-10-22(21)30-34(32,33)23-11-5-7-19-8-6-16-28-24(19)23/h3-16,30H,17H2,1-2H3,(H,29,31). The van der Waals surface area contributed by atoms with Crippen LogP contribution in [0.3, 0.4) is 0 Å². The van der Waals surface area contributed by atoms with Gasteiger partial charge in [-0.2, -0.15) is 0 Å². The number of carbonyl (C=O) groups is 1. The minimum Gasteiger partial charge on any atom is -0.347 e. The van der Waals surface area contributed by atoms with Gasteiger partial charge in [-0.3, -0.25) is 14.5 Å². The largest absolute Gasteiger partial charge is 0.347 e. The Hall–Kier alpha value is -3.78. The van der Waals surface area contributed by atoms with E-state index < -0.39 is 21.5 Å². The van der Waals surface area contributed by atoms with Crippen molar-refractivity contribution < 1.29 is 17.6 Å². The number of aromatic nitrogens is 1. The number of halogens is 1. The number of nitrogens with zero attached hydrogens (tertiary/aromatic N) is 1. The van der Waals surface area contributed by atoms with E-state index >= 15 is 0 Å². The van der Waals surface area contributed by atoms with Gasteiger partial charge in [0, 0.05) is 17.1 Å². The summed E-state index contributed by atoms with van der Waals surface area (Å²) in [5, 5.41) is 3.64. The van der Waals surface area contributed by atoms with Crippen LogP contribution < -0.4 is 10.0 Å². The second-order valence-corrected chi connectivity index (χ2v) is 10.3. The molecule has 1 aromatic heterocycles. The number of hydrogen-bond donors (Lipinski definition) is 2. The van der Waals surface area contributed by atoms with Gasteiger partial charge in [-0.25, -0.2) is 12.8 Å². The molecule has 0 bridgehead atoms. The Balaban J connectivity index is 1.59. The van der Waals surface area contributed by atoms with E-state index in [9.17, 15) is 17.6 Å². The Morgan fingerprint density at radius 2 is 1.65 bits per heavy atom. The monoisotopic (exact) mass is 477 g/mol. The number of anilines is 1. The smallest absolute Gasteiger partial charge is 0.264 e. The average Bonchev–Trinajstić information content (AvgIpc) is 2.80.